The third kappa shape index (κ3) is 9.52. The zero-order valence-corrected chi connectivity index (χ0v) is 20.7. The highest BCUT2D eigenvalue weighted by molar-refractivity contribution is 5.59. The molecule has 0 bridgehead atoms. The highest BCUT2D eigenvalue weighted by atomic mass is 16.7. The van der Waals surface area contributed by atoms with E-state index in [1.165, 1.54) is 89.7 Å². The minimum atomic E-state index is -0.619. The SMILES string of the molecule is COC(=O)OC/C=C/C(CCC1CCCCC1)(CCC1CCCCC1)NCc1ccccc1. The summed E-state index contributed by atoms with van der Waals surface area (Å²) < 4.78 is 9.79. The quantitative estimate of drug-likeness (QED) is 0.261. The Hall–Kier alpha value is -1.81. The summed E-state index contributed by atoms with van der Waals surface area (Å²) in [7, 11) is 1.35. The summed E-state index contributed by atoms with van der Waals surface area (Å²) in [6.45, 7) is 1.12. The maximum absolute atomic E-state index is 11.4. The van der Waals surface area contributed by atoms with E-state index < -0.39 is 6.16 Å². The van der Waals surface area contributed by atoms with Crippen LogP contribution < -0.4 is 5.32 Å². The van der Waals surface area contributed by atoms with E-state index in [9.17, 15) is 4.79 Å². The van der Waals surface area contributed by atoms with Crippen molar-refractivity contribution in [2.24, 2.45) is 11.8 Å². The standard InChI is InChI=1S/C29H45NO3/c1-32-28(31)33-23-11-20-29(21-18-25-12-5-2-6-13-25,22-19-26-14-7-3-8-15-26)30-24-27-16-9-4-10-17-27/h4,9-11,16-17,20,25-26,30H,2-3,5-8,12-15,18-19,21-24H2,1H3/b20-11+. The Labute approximate surface area is 201 Å². The molecule has 0 aliphatic heterocycles. The van der Waals surface area contributed by atoms with Crippen molar-refractivity contribution in [3.8, 4) is 0 Å². The van der Waals surface area contributed by atoms with Crippen LogP contribution in [0.25, 0.3) is 0 Å². The lowest BCUT2D eigenvalue weighted by molar-refractivity contribution is 0.0816. The third-order valence-electron chi connectivity index (χ3n) is 7.84. The molecular weight excluding hydrogens is 410 g/mol. The van der Waals surface area contributed by atoms with Gasteiger partial charge in [0.25, 0.3) is 0 Å². The molecule has 2 saturated carbocycles. The van der Waals surface area contributed by atoms with E-state index in [-0.39, 0.29) is 12.1 Å². The summed E-state index contributed by atoms with van der Waals surface area (Å²) in [5.41, 5.74) is 1.25. The molecule has 33 heavy (non-hydrogen) atoms. The van der Waals surface area contributed by atoms with Gasteiger partial charge in [0.1, 0.15) is 6.61 Å². The van der Waals surface area contributed by atoms with Crippen molar-refractivity contribution in [2.75, 3.05) is 13.7 Å². The number of methoxy groups -OCH3 is 1. The molecule has 184 valence electrons. The molecule has 4 nitrogen and oxygen atoms in total. The molecule has 0 amide bonds. The lowest BCUT2D eigenvalue weighted by Gasteiger charge is -2.36. The summed E-state index contributed by atoms with van der Waals surface area (Å²) in [5.74, 6) is 1.71. The first-order valence-electron chi connectivity index (χ1n) is 13.4. The summed E-state index contributed by atoms with van der Waals surface area (Å²) in [6.07, 6.45) is 22.4. The van der Waals surface area contributed by atoms with E-state index in [1.807, 2.05) is 6.08 Å². The minimum Gasteiger partial charge on any atom is -0.438 e. The van der Waals surface area contributed by atoms with Crippen LogP contribution in [0.1, 0.15) is 95.5 Å². The Morgan fingerprint density at radius 1 is 0.939 bits per heavy atom. The van der Waals surface area contributed by atoms with Crippen molar-refractivity contribution < 1.29 is 14.3 Å². The third-order valence-corrected chi connectivity index (χ3v) is 7.84. The largest absolute Gasteiger partial charge is 0.508 e. The van der Waals surface area contributed by atoms with Crippen molar-refractivity contribution in [1.82, 2.24) is 5.32 Å². The fraction of sp³-hybridized carbons (Fsp3) is 0.690. The van der Waals surface area contributed by atoms with Crippen LogP contribution in [0, 0.1) is 11.8 Å². The Bertz CT molecular complexity index is 668. The van der Waals surface area contributed by atoms with Crippen LogP contribution in [-0.2, 0) is 16.0 Å². The van der Waals surface area contributed by atoms with Gasteiger partial charge in [0, 0.05) is 12.1 Å². The summed E-state index contributed by atoms with van der Waals surface area (Å²) in [4.78, 5) is 11.4. The Morgan fingerprint density at radius 2 is 1.52 bits per heavy atom. The number of benzene rings is 1. The van der Waals surface area contributed by atoms with Gasteiger partial charge in [0.05, 0.1) is 7.11 Å². The average molecular weight is 456 g/mol. The van der Waals surface area contributed by atoms with E-state index >= 15 is 0 Å². The van der Waals surface area contributed by atoms with Gasteiger partial charge in [-0.15, -0.1) is 0 Å². The number of nitrogens with one attached hydrogen (secondary N) is 1. The predicted molar refractivity (Wildman–Crippen MR) is 135 cm³/mol. The average Bonchev–Trinajstić information content (AvgIpc) is 2.89. The molecule has 0 saturated heterocycles. The molecule has 3 rings (SSSR count). The molecule has 0 unspecified atom stereocenters. The topological polar surface area (TPSA) is 47.6 Å². The number of hydrogen-bond donors (Lipinski definition) is 1. The number of rotatable bonds is 12. The summed E-state index contributed by atoms with van der Waals surface area (Å²) in [5, 5.41) is 3.97. The van der Waals surface area contributed by atoms with E-state index in [0.717, 1.165) is 31.2 Å². The van der Waals surface area contributed by atoms with Crippen LogP contribution in [-0.4, -0.2) is 25.4 Å². The molecular formula is C29H45NO3. The molecule has 1 aromatic rings. The van der Waals surface area contributed by atoms with Crippen molar-refractivity contribution in [3.05, 3.63) is 48.0 Å². The van der Waals surface area contributed by atoms with E-state index in [1.54, 1.807) is 0 Å². The second-order valence-electron chi connectivity index (χ2n) is 10.2. The first kappa shape index (κ1) is 25.8. The second-order valence-corrected chi connectivity index (χ2v) is 10.2. The smallest absolute Gasteiger partial charge is 0.438 e. The molecule has 4 heteroatoms. The van der Waals surface area contributed by atoms with E-state index in [0.29, 0.717) is 0 Å². The Balaban J connectivity index is 1.71. The summed E-state index contributed by atoms with van der Waals surface area (Å²) >= 11 is 0. The highest BCUT2D eigenvalue weighted by Crippen LogP contribution is 2.35. The van der Waals surface area contributed by atoms with Gasteiger partial charge in [0.15, 0.2) is 0 Å². The fourth-order valence-corrected chi connectivity index (χ4v) is 5.73. The maximum Gasteiger partial charge on any atom is 0.508 e. The number of ether oxygens (including phenoxy) is 2. The lowest BCUT2D eigenvalue weighted by Crippen LogP contribution is -2.44. The van der Waals surface area contributed by atoms with Crippen molar-refractivity contribution in [3.63, 3.8) is 0 Å². The zero-order valence-electron chi connectivity index (χ0n) is 20.7. The molecule has 0 atom stereocenters. The molecule has 0 heterocycles. The molecule has 0 spiro atoms. The van der Waals surface area contributed by atoms with Crippen LogP contribution >= 0.6 is 0 Å². The number of carbonyl (C=O) groups is 1. The highest BCUT2D eigenvalue weighted by Gasteiger charge is 2.29. The molecule has 0 aromatic heterocycles. The van der Waals surface area contributed by atoms with Crippen LogP contribution in [0.15, 0.2) is 42.5 Å². The normalized spacial score (nSPS) is 18.5. The fourth-order valence-electron chi connectivity index (χ4n) is 5.73. The van der Waals surface area contributed by atoms with Gasteiger partial charge < -0.3 is 14.8 Å². The minimum absolute atomic E-state index is 0.0653. The zero-order chi connectivity index (χ0) is 23.2. The molecule has 2 aliphatic carbocycles. The van der Waals surface area contributed by atoms with Crippen LogP contribution in [0.5, 0.6) is 0 Å². The lowest BCUT2D eigenvalue weighted by atomic mass is 9.77. The molecule has 1 N–H and O–H groups in total. The Kier molecular flexibility index (Phi) is 11.3. The van der Waals surface area contributed by atoms with E-state index in [2.05, 4.69) is 46.5 Å². The number of hydrogen-bond acceptors (Lipinski definition) is 4. The second kappa shape index (κ2) is 14.5. The van der Waals surface area contributed by atoms with Gasteiger partial charge in [-0.25, -0.2) is 4.79 Å². The maximum atomic E-state index is 11.4. The predicted octanol–water partition coefficient (Wildman–Crippen LogP) is 7.58. The Morgan fingerprint density at radius 3 is 2.06 bits per heavy atom. The monoisotopic (exact) mass is 455 g/mol. The van der Waals surface area contributed by atoms with Gasteiger partial charge in [-0.2, -0.15) is 0 Å². The van der Waals surface area contributed by atoms with Gasteiger partial charge in [-0.05, 0) is 49.2 Å². The van der Waals surface area contributed by atoms with Crippen molar-refractivity contribution in [1.29, 1.82) is 0 Å². The van der Waals surface area contributed by atoms with Gasteiger partial charge >= 0.3 is 6.16 Å². The molecule has 2 fully saturated rings. The molecule has 2 aliphatic rings. The summed E-state index contributed by atoms with van der Waals surface area (Å²) in [6, 6.07) is 10.7. The first-order valence-corrected chi connectivity index (χ1v) is 13.4. The van der Waals surface area contributed by atoms with E-state index in [4.69, 9.17) is 4.74 Å². The van der Waals surface area contributed by atoms with Crippen molar-refractivity contribution >= 4 is 6.16 Å². The first-order chi connectivity index (χ1) is 16.2. The van der Waals surface area contributed by atoms with Crippen LogP contribution in [0.3, 0.4) is 0 Å². The van der Waals surface area contributed by atoms with Crippen LogP contribution in [0.4, 0.5) is 4.79 Å². The van der Waals surface area contributed by atoms with Crippen LogP contribution in [0.2, 0.25) is 0 Å². The number of carbonyl (C=O) groups excluding carboxylic acids is 1. The molecule has 1 aromatic carbocycles. The van der Waals surface area contributed by atoms with Gasteiger partial charge in [-0.3, -0.25) is 0 Å². The van der Waals surface area contributed by atoms with Crippen molar-refractivity contribution in [2.45, 2.75) is 102 Å². The van der Waals surface area contributed by atoms with Gasteiger partial charge in [0.2, 0.25) is 0 Å². The van der Waals surface area contributed by atoms with Gasteiger partial charge in [-0.1, -0.05) is 101 Å². The molecule has 0 radical (unpaired) electrons.